The first kappa shape index (κ1) is 20.2. The molecule has 32 heavy (non-hydrogen) atoms. The largest absolute Gasteiger partial charge is 0.416 e. The minimum atomic E-state index is -4.41. The number of rotatable bonds is 4. The van der Waals surface area contributed by atoms with Crippen molar-refractivity contribution in [1.29, 1.82) is 0 Å². The van der Waals surface area contributed by atoms with E-state index in [2.05, 4.69) is 9.97 Å². The van der Waals surface area contributed by atoms with Crippen LogP contribution in [-0.4, -0.2) is 15.8 Å². The maximum atomic E-state index is 13.0. The van der Waals surface area contributed by atoms with Gasteiger partial charge in [0.05, 0.1) is 27.3 Å². The Morgan fingerprint density at radius 1 is 0.969 bits per heavy atom. The number of nitrogens with zero attached hydrogens (tertiary/aromatic N) is 1. The summed E-state index contributed by atoms with van der Waals surface area (Å²) in [7, 11) is 0. The molecule has 0 fully saturated rings. The fraction of sp³-hybridized carbons (Fsp3) is 0.0400. The van der Waals surface area contributed by atoms with Gasteiger partial charge in [0.2, 0.25) is 0 Å². The van der Waals surface area contributed by atoms with Crippen LogP contribution in [-0.2, 0) is 6.18 Å². The molecule has 0 saturated carbocycles. The Morgan fingerprint density at radius 2 is 1.75 bits per heavy atom. The first-order valence-electron chi connectivity index (χ1n) is 9.75. The summed E-state index contributed by atoms with van der Waals surface area (Å²) in [5, 5.41) is 3.69. The average molecular weight is 448 g/mol. The van der Waals surface area contributed by atoms with Crippen molar-refractivity contribution in [3.05, 3.63) is 94.3 Å². The van der Waals surface area contributed by atoms with Crippen LogP contribution in [0, 0.1) is 0 Å². The van der Waals surface area contributed by atoms with Crippen molar-refractivity contribution in [3.63, 3.8) is 0 Å². The summed E-state index contributed by atoms with van der Waals surface area (Å²) >= 11 is 1.36. The number of pyridine rings is 1. The molecule has 0 saturated heterocycles. The molecule has 3 heterocycles. The van der Waals surface area contributed by atoms with Crippen LogP contribution < -0.4 is 0 Å². The van der Waals surface area contributed by atoms with E-state index >= 15 is 0 Å². The van der Waals surface area contributed by atoms with E-state index < -0.39 is 11.7 Å². The molecule has 0 spiro atoms. The van der Waals surface area contributed by atoms with E-state index in [4.69, 9.17) is 0 Å². The molecule has 3 aromatic heterocycles. The molecule has 5 aromatic rings. The van der Waals surface area contributed by atoms with Crippen molar-refractivity contribution in [3.8, 4) is 11.3 Å². The van der Waals surface area contributed by atoms with Crippen LogP contribution in [0.5, 0.6) is 0 Å². The molecule has 0 amide bonds. The Kier molecular flexibility index (Phi) is 4.90. The number of halogens is 3. The second kappa shape index (κ2) is 7.76. The molecule has 158 valence electrons. The summed E-state index contributed by atoms with van der Waals surface area (Å²) in [5.41, 5.74) is 2.53. The number of hydrogen-bond acceptors (Lipinski definition) is 3. The Labute approximate surface area is 184 Å². The quantitative estimate of drug-likeness (QED) is 0.231. The summed E-state index contributed by atoms with van der Waals surface area (Å²) in [6.07, 6.45) is -1.31. The van der Waals surface area contributed by atoms with Crippen molar-refractivity contribution in [2.75, 3.05) is 0 Å². The highest BCUT2D eigenvalue weighted by Gasteiger charge is 2.30. The Morgan fingerprint density at radius 3 is 2.47 bits per heavy atom. The Hall–Kier alpha value is -3.71. The summed E-state index contributed by atoms with van der Waals surface area (Å²) in [5.74, 6) is -0.128. The highest BCUT2D eigenvalue weighted by molar-refractivity contribution is 7.12. The van der Waals surface area contributed by atoms with Crippen molar-refractivity contribution >= 4 is 45.0 Å². The van der Waals surface area contributed by atoms with E-state index in [1.54, 1.807) is 12.1 Å². The lowest BCUT2D eigenvalue weighted by Crippen LogP contribution is -2.04. The number of carbonyl (C=O) groups excluding carboxylic acids is 1. The monoisotopic (exact) mass is 448 g/mol. The van der Waals surface area contributed by atoms with E-state index in [1.165, 1.54) is 29.5 Å². The number of aromatic nitrogens is 2. The maximum Gasteiger partial charge on any atom is 0.416 e. The van der Waals surface area contributed by atoms with Gasteiger partial charge in [-0.2, -0.15) is 13.2 Å². The number of para-hydroxylation sites is 1. The van der Waals surface area contributed by atoms with E-state index in [1.807, 2.05) is 41.8 Å². The number of hydrogen-bond donors (Lipinski definition) is 1. The molecule has 0 unspecified atom stereocenters. The molecule has 0 bridgehead atoms. The third-order valence-electron chi connectivity index (χ3n) is 5.17. The topological polar surface area (TPSA) is 45.8 Å². The molecule has 7 heteroatoms. The van der Waals surface area contributed by atoms with Gasteiger partial charge in [0, 0.05) is 21.9 Å². The number of benzene rings is 2. The number of alkyl halides is 3. The van der Waals surface area contributed by atoms with Gasteiger partial charge in [-0.1, -0.05) is 36.4 Å². The van der Waals surface area contributed by atoms with Crippen LogP contribution in [0.15, 0.2) is 78.2 Å². The molecule has 0 aliphatic heterocycles. The van der Waals surface area contributed by atoms with Crippen LogP contribution >= 0.6 is 11.3 Å². The van der Waals surface area contributed by atoms with Gasteiger partial charge in [-0.05, 0) is 47.9 Å². The number of fused-ring (bicyclic) bond motifs is 3. The van der Waals surface area contributed by atoms with Crippen molar-refractivity contribution in [2.24, 2.45) is 0 Å². The molecule has 2 aromatic carbocycles. The average Bonchev–Trinajstić information content (AvgIpc) is 3.45. The van der Waals surface area contributed by atoms with Gasteiger partial charge in [0.1, 0.15) is 0 Å². The smallest absolute Gasteiger partial charge is 0.353 e. The number of aromatic amines is 1. The summed E-state index contributed by atoms with van der Waals surface area (Å²) in [6.45, 7) is 0. The molecule has 1 N–H and O–H groups in total. The number of thiophene rings is 1. The zero-order valence-corrected chi connectivity index (χ0v) is 17.3. The van der Waals surface area contributed by atoms with Crippen LogP contribution in [0.4, 0.5) is 13.2 Å². The molecule has 0 atom stereocenters. The van der Waals surface area contributed by atoms with Gasteiger partial charge in [0.25, 0.3) is 0 Å². The third kappa shape index (κ3) is 3.71. The van der Waals surface area contributed by atoms with Crippen molar-refractivity contribution < 1.29 is 18.0 Å². The fourth-order valence-corrected chi connectivity index (χ4v) is 4.28. The minimum absolute atomic E-state index is 0.128. The molecular weight excluding hydrogens is 433 g/mol. The lowest BCUT2D eigenvalue weighted by Gasteiger charge is -2.09. The van der Waals surface area contributed by atoms with Gasteiger partial charge in [-0.15, -0.1) is 11.3 Å². The second-order valence-corrected chi connectivity index (χ2v) is 8.19. The number of allylic oxidation sites excluding steroid dienone is 1. The van der Waals surface area contributed by atoms with E-state index in [-0.39, 0.29) is 5.78 Å². The molecule has 0 aliphatic rings. The Bertz CT molecular complexity index is 1460. The van der Waals surface area contributed by atoms with Crippen LogP contribution in [0.2, 0.25) is 0 Å². The molecule has 3 nitrogen and oxygen atoms in total. The van der Waals surface area contributed by atoms with E-state index in [0.29, 0.717) is 21.8 Å². The summed E-state index contributed by atoms with van der Waals surface area (Å²) < 4.78 is 39.0. The minimum Gasteiger partial charge on any atom is -0.353 e. The Balaban J connectivity index is 1.66. The van der Waals surface area contributed by atoms with Gasteiger partial charge in [-0.3, -0.25) is 4.79 Å². The third-order valence-corrected chi connectivity index (χ3v) is 6.06. The first-order chi connectivity index (χ1) is 15.4. The maximum absolute atomic E-state index is 13.0. The van der Waals surface area contributed by atoms with Crippen LogP contribution in [0.3, 0.4) is 0 Å². The number of H-pyrrole nitrogens is 1. The standard InChI is InChI=1S/C25H15F3N2OS/c26-25(27,28)16-9-7-15(8-10-16)23-24-19(18-4-1-2-5-20(18)30-24)14-17(29-23)11-12-21(31)22-6-3-13-32-22/h1-14,30H/b12-11+. The predicted octanol–water partition coefficient (Wildman–Crippen LogP) is 7.36. The molecular formula is C25H15F3N2OS. The van der Waals surface area contributed by atoms with Gasteiger partial charge < -0.3 is 4.98 Å². The normalized spacial score (nSPS) is 12.2. The second-order valence-electron chi connectivity index (χ2n) is 7.24. The van der Waals surface area contributed by atoms with E-state index in [9.17, 15) is 18.0 Å². The predicted molar refractivity (Wildman–Crippen MR) is 122 cm³/mol. The first-order valence-corrected chi connectivity index (χ1v) is 10.6. The number of carbonyl (C=O) groups is 1. The number of ketones is 1. The SMILES string of the molecule is O=C(/C=C/c1cc2c([nH]c3ccccc32)c(-c2ccc(C(F)(F)F)cc2)n1)c1cccs1. The van der Waals surface area contributed by atoms with Gasteiger partial charge in [-0.25, -0.2) is 4.98 Å². The lowest BCUT2D eigenvalue weighted by atomic mass is 10.0. The highest BCUT2D eigenvalue weighted by atomic mass is 32.1. The highest BCUT2D eigenvalue weighted by Crippen LogP contribution is 2.35. The fourth-order valence-electron chi connectivity index (χ4n) is 3.64. The lowest BCUT2D eigenvalue weighted by molar-refractivity contribution is -0.137. The van der Waals surface area contributed by atoms with Crippen molar-refractivity contribution in [1.82, 2.24) is 9.97 Å². The van der Waals surface area contributed by atoms with Crippen LogP contribution in [0.25, 0.3) is 39.1 Å². The number of nitrogens with one attached hydrogen (secondary N) is 1. The van der Waals surface area contributed by atoms with Gasteiger partial charge in [0.15, 0.2) is 5.78 Å². The molecule has 0 radical (unpaired) electrons. The van der Waals surface area contributed by atoms with Crippen molar-refractivity contribution in [2.45, 2.75) is 6.18 Å². The zero-order valence-electron chi connectivity index (χ0n) is 16.5. The summed E-state index contributed by atoms with van der Waals surface area (Å²) in [4.78, 5) is 21.0. The zero-order chi connectivity index (χ0) is 22.3. The van der Waals surface area contributed by atoms with E-state index in [0.717, 1.165) is 33.9 Å². The summed E-state index contributed by atoms with van der Waals surface area (Å²) in [6, 6.07) is 18.1. The van der Waals surface area contributed by atoms with Crippen LogP contribution in [0.1, 0.15) is 20.9 Å². The molecule has 0 aliphatic carbocycles. The molecule has 5 rings (SSSR count). The van der Waals surface area contributed by atoms with Gasteiger partial charge >= 0.3 is 6.18 Å².